The molecule has 2 heterocycles. The van der Waals surface area contributed by atoms with Gasteiger partial charge >= 0.3 is 18.9 Å². The second-order valence-electron chi connectivity index (χ2n) is 7.64. The Morgan fingerprint density at radius 1 is 1.48 bits per heavy atom. The number of carboxylic acids is 1. The van der Waals surface area contributed by atoms with E-state index in [9.17, 15) is 18.7 Å². The van der Waals surface area contributed by atoms with Gasteiger partial charge in [0.1, 0.15) is 0 Å². The molecule has 1 fully saturated rings. The van der Waals surface area contributed by atoms with Crippen LogP contribution in [-0.4, -0.2) is 35.4 Å². The summed E-state index contributed by atoms with van der Waals surface area (Å²) in [6.45, 7) is 5.75. The number of hydrogen-bond donors (Lipinski definition) is 0. The van der Waals surface area contributed by atoms with Gasteiger partial charge in [-0.2, -0.15) is 0 Å². The van der Waals surface area contributed by atoms with Gasteiger partial charge in [-0.1, -0.05) is 13.8 Å². The molecule has 1 unspecified atom stereocenters. The first-order chi connectivity index (χ1) is 11.3. The van der Waals surface area contributed by atoms with E-state index in [0.717, 1.165) is 42.6 Å². The van der Waals surface area contributed by atoms with Crippen LogP contribution in [-0.2, 0) is 18.4 Å². The molecule has 1 aliphatic heterocycles. The van der Waals surface area contributed by atoms with Gasteiger partial charge in [-0.3, -0.25) is 9.88 Å². The number of aromatic carboxylic acids is 1. The van der Waals surface area contributed by atoms with E-state index in [1.807, 2.05) is 4.90 Å². The van der Waals surface area contributed by atoms with Gasteiger partial charge in [-0.05, 0) is 49.4 Å². The van der Waals surface area contributed by atoms with Crippen molar-refractivity contribution in [2.45, 2.75) is 57.9 Å². The van der Waals surface area contributed by atoms with E-state index in [1.165, 1.54) is 0 Å². The Kier molecular flexibility index (Phi) is 6.29. The van der Waals surface area contributed by atoms with Crippen molar-refractivity contribution in [2.24, 2.45) is 5.92 Å². The summed E-state index contributed by atoms with van der Waals surface area (Å²) in [6.07, 6.45) is 0.776. The average molecular weight is 344 g/mol. The molecule has 0 spiro atoms. The second kappa shape index (κ2) is 7.73. The predicted octanol–water partition coefficient (Wildman–Crippen LogP) is -0.850. The molecule has 0 bridgehead atoms. The first-order valence-electron chi connectivity index (χ1n) is 8.53. The van der Waals surface area contributed by atoms with Crippen LogP contribution in [0.15, 0.2) is 6.07 Å². The third-order valence-electron chi connectivity index (χ3n) is 5.36. The van der Waals surface area contributed by atoms with E-state index in [0.29, 0.717) is 19.5 Å². The third-order valence-corrected chi connectivity index (χ3v) is 5.36. The van der Waals surface area contributed by atoms with E-state index < -0.39 is 18.3 Å². The number of aromatic nitrogens is 1. The van der Waals surface area contributed by atoms with Gasteiger partial charge in [0, 0.05) is 24.4 Å². The van der Waals surface area contributed by atoms with Crippen molar-refractivity contribution in [3.8, 4) is 0 Å². The first kappa shape index (κ1) is 20.4. The quantitative estimate of drug-likeness (QED) is 0.668. The number of carbonyl (C=O) groups excluding carboxylic acids is 1. The van der Waals surface area contributed by atoms with Crippen molar-refractivity contribution in [1.82, 2.24) is 9.88 Å². The van der Waals surface area contributed by atoms with Crippen LogP contribution in [0, 0.1) is 5.92 Å². The fourth-order valence-corrected chi connectivity index (χ4v) is 3.95. The molecule has 0 N–H and O–H groups in total. The fourth-order valence-electron chi connectivity index (χ4n) is 3.95. The number of halogens is 2. The molecule has 7 heteroatoms. The van der Waals surface area contributed by atoms with Gasteiger partial charge in [0.15, 0.2) is 0 Å². The molecular formula is C18H23F2LiN2O2. The molecule has 0 radical (unpaired) electrons. The summed E-state index contributed by atoms with van der Waals surface area (Å²) in [5, 5.41) is 11.3. The Labute approximate surface area is 159 Å². The van der Waals surface area contributed by atoms with Crippen LogP contribution in [0.3, 0.4) is 0 Å². The molecule has 3 rings (SSSR count). The van der Waals surface area contributed by atoms with Crippen molar-refractivity contribution in [1.29, 1.82) is 0 Å². The van der Waals surface area contributed by atoms with E-state index in [-0.39, 0.29) is 30.0 Å². The zero-order valence-electron chi connectivity index (χ0n) is 15.1. The zero-order valence-corrected chi connectivity index (χ0v) is 15.1. The number of nitrogens with zero attached hydrogens (tertiary/aromatic N) is 2. The molecule has 1 aromatic rings. The Morgan fingerprint density at radius 3 is 2.84 bits per heavy atom. The second-order valence-corrected chi connectivity index (χ2v) is 7.64. The molecule has 1 aliphatic carbocycles. The summed E-state index contributed by atoms with van der Waals surface area (Å²) >= 11 is 0. The van der Waals surface area contributed by atoms with E-state index in [4.69, 9.17) is 0 Å². The van der Waals surface area contributed by atoms with Gasteiger partial charge in [-0.15, -0.1) is 0 Å². The smallest absolute Gasteiger partial charge is 0.543 e. The van der Waals surface area contributed by atoms with Gasteiger partial charge in [0.05, 0.1) is 17.4 Å². The number of piperidine rings is 1. The van der Waals surface area contributed by atoms with E-state index in [2.05, 4.69) is 18.8 Å². The standard InChI is InChI=1S/C18H24F2N2O2.Li/c1-18(2)6-5-13-12(8-14(17(23)24)21-15(13)18)10-22-7-3-4-11(9-22)16(19)20;/h8,11,16H,3-7,9-10H2,1-2H3,(H,23,24);/q;+1/p-1. The van der Waals surface area contributed by atoms with Crippen molar-refractivity contribution in [3.63, 3.8) is 0 Å². The normalized spacial score (nSPS) is 22.5. The topological polar surface area (TPSA) is 56.3 Å². The average Bonchev–Trinajstić information content (AvgIpc) is 2.83. The molecule has 1 aromatic heterocycles. The van der Waals surface area contributed by atoms with Gasteiger partial charge in [-0.25, -0.2) is 8.78 Å². The summed E-state index contributed by atoms with van der Waals surface area (Å²) in [4.78, 5) is 17.6. The molecule has 0 saturated carbocycles. The van der Waals surface area contributed by atoms with Crippen LogP contribution in [0.4, 0.5) is 8.78 Å². The summed E-state index contributed by atoms with van der Waals surface area (Å²) < 4.78 is 26.0. The third kappa shape index (κ3) is 4.24. The Balaban J connectivity index is 0.00000225. The monoisotopic (exact) mass is 344 g/mol. The van der Waals surface area contributed by atoms with Crippen LogP contribution in [0.2, 0.25) is 0 Å². The molecule has 25 heavy (non-hydrogen) atoms. The van der Waals surface area contributed by atoms with E-state index >= 15 is 0 Å². The maximum atomic E-state index is 13.0. The Bertz CT molecular complexity index is 652. The summed E-state index contributed by atoms with van der Waals surface area (Å²) in [5.74, 6) is -1.88. The number of pyridine rings is 1. The number of alkyl halides is 2. The number of rotatable bonds is 4. The summed E-state index contributed by atoms with van der Waals surface area (Å²) in [6, 6.07) is 1.57. The Morgan fingerprint density at radius 2 is 2.20 bits per heavy atom. The van der Waals surface area contributed by atoms with Crippen LogP contribution in [0.5, 0.6) is 0 Å². The molecule has 2 aliphatic rings. The molecule has 1 saturated heterocycles. The summed E-state index contributed by atoms with van der Waals surface area (Å²) in [5.41, 5.74) is 2.59. The number of hydrogen-bond acceptors (Lipinski definition) is 4. The van der Waals surface area contributed by atoms with Gasteiger partial charge in [0.2, 0.25) is 6.43 Å². The molecular weight excluding hydrogens is 321 g/mol. The maximum Gasteiger partial charge on any atom is 1.00 e. The Hall–Kier alpha value is -0.963. The minimum atomic E-state index is -2.30. The predicted molar refractivity (Wildman–Crippen MR) is 83.9 cm³/mol. The minimum Gasteiger partial charge on any atom is -0.543 e. The van der Waals surface area contributed by atoms with Gasteiger partial charge < -0.3 is 9.90 Å². The van der Waals surface area contributed by atoms with Crippen LogP contribution >= 0.6 is 0 Å². The molecule has 1 atom stereocenters. The SMILES string of the molecule is CC1(C)CCc2c(CN3CCCC(C(F)F)C3)cc(C(=O)[O-])nc21.[Li+]. The number of fused-ring (bicyclic) bond motifs is 1. The van der Waals surface area contributed by atoms with Gasteiger partial charge in [0.25, 0.3) is 0 Å². The zero-order chi connectivity index (χ0) is 17.5. The minimum absolute atomic E-state index is 0. The largest absolute Gasteiger partial charge is 1.00 e. The number of likely N-dealkylation sites (tertiary alicyclic amines) is 1. The van der Waals surface area contributed by atoms with Crippen molar-refractivity contribution >= 4 is 5.97 Å². The van der Waals surface area contributed by atoms with Crippen molar-refractivity contribution in [2.75, 3.05) is 13.1 Å². The van der Waals surface area contributed by atoms with Crippen molar-refractivity contribution < 1.29 is 37.5 Å². The molecule has 4 nitrogen and oxygen atoms in total. The van der Waals surface area contributed by atoms with Crippen molar-refractivity contribution in [3.05, 3.63) is 28.6 Å². The van der Waals surface area contributed by atoms with Crippen LogP contribution in [0.1, 0.15) is 60.4 Å². The summed E-state index contributed by atoms with van der Waals surface area (Å²) in [7, 11) is 0. The number of carboxylic acid groups (broad SMARTS) is 1. The van der Waals surface area contributed by atoms with E-state index in [1.54, 1.807) is 6.07 Å². The molecule has 132 valence electrons. The number of carbonyl (C=O) groups is 1. The molecule has 0 aromatic carbocycles. The van der Waals surface area contributed by atoms with Crippen LogP contribution < -0.4 is 24.0 Å². The maximum absolute atomic E-state index is 13.0. The first-order valence-corrected chi connectivity index (χ1v) is 8.53. The molecule has 0 amide bonds. The van der Waals surface area contributed by atoms with Crippen LogP contribution in [0.25, 0.3) is 0 Å². The fraction of sp³-hybridized carbons (Fsp3) is 0.667.